The molecule has 8 nitrogen and oxygen atoms in total. The lowest BCUT2D eigenvalue weighted by molar-refractivity contribution is 0.541. The van der Waals surface area contributed by atoms with Crippen molar-refractivity contribution in [3.05, 3.63) is 26.6 Å². The van der Waals surface area contributed by atoms with Gasteiger partial charge in [0.05, 0.1) is 11.1 Å². The average molecular weight is 460 g/mol. The smallest absolute Gasteiger partial charge is 0.263 e. The maximum atomic E-state index is 13.5. The Labute approximate surface area is 190 Å². The number of thiophene rings is 1. The SMILES string of the molecule is CCCCCn1c(SCc2nc(N)nc(N(C)C)n2)nc2sc3c(c2c1=O)CCCC3. The molecule has 0 bridgehead atoms. The van der Waals surface area contributed by atoms with Crippen molar-refractivity contribution in [3.8, 4) is 0 Å². The summed E-state index contributed by atoms with van der Waals surface area (Å²) in [7, 11) is 3.73. The number of unbranched alkanes of at least 4 members (excludes halogenated alkanes) is 2. The van der Waals surface area contributed by atoms with Crippen LogP contribution in [-0.4, -0.2) is 38.6 Å². The summed E-state index contributed by atoms with van der Waals surface area (Å²) in [5.41, 5.74) is 7.21. The van der Waals surface area contributed by atoms with E-state index in [-0.39, 0.29) is 11.5 Å². The van der Waals surface area contributed by atoms with E-state index in [1.165, 1.54) is 28.6 Å². The molecule has 31 heavy (non-hydrogen) atoms. The van der Waals surface area contributed by atoms with Crippen molar-refractivity contribution in [2.75, 3.05) is 24.7 Å². The van der Waals surface area contributed by atoms with Crippen LogP contribution in [0.1, 0.15) is 55.3 Å². The fourth-order valence-corrected chi connectivity index (χ4v) is 6.05. The van der Waals surface area contributed by atoms with Crippen molar-refractivity contribution in [1.29, 1.82) is 0 Å². The fourth-order valence-electron chi connectivity index (χ4n) is 3.87. The number of hydrogen-bond donors (Lipinski definition) is 1. The van der Waals surface area contributed by atoms with Gasteiger partial charge in [-0.05, 0) is 37.7 Å². The molecular formula is C21H29N7OS2. The summed E-state index contributed by atoms with van der Waals surface area (Å²) in [5, 5.41) is 1.58. The van der Waals surface area contributed by atoms with Crippen molar-refractivity contribution < 1.29 is 0 Å². The molecule has 166 valence electrons. The number of nitrogen functional groups attached to an aromatic ring is 1. The number of fused-ring (bicyclic) bond motifs is 3. The number of aryl methyl sites for hydroxylation is 2. The molecule has 10 heteroatoms. The maximum absolute atomic E-state index is 13.5. The number of rotatable bonds is 8. The van der Waals surface area contributed by atoms with Gasteiger partial charge < -0.3 is 10.6 Å². The lowest BCUT2D eigenvalue weighted by atomic mass is 9.97. The van der Waals surface area contributed by atoms with Gasteiger partial charge in [-0.3, -0.25) is 9.36 Å². The number of anilines is 2. The molecule has 3 aromatic heterocycles. The molecule has 3 aromatic rings. The zero-order valence-corrected chi connectivity index (χ0v) is 20.0. The van der Waals surface area contributed by atoms with E-state index < -0.39 is 0 Å². The molecule has 0 aliphatic heterocycles. The second kappa shape index (κ2) is 9.52. The Kier molecular flexibility index (Phi) is 6.76. The highest BCUT2D eigenvalue weighted by Gasteiger charge is 2.22. The minimum Gasteiger partial charge on any atom is -0.368 e. The molecule has 0 fully saturated rings. The van der Waals surface area contributed by atoms with Crippen molar-refractivity contribution >= 4 is 45.2 Å². The van der Waals surface area contributed by atoms with E-state index in [1.807, 2.05) is 18.7 Å². The van der Waals surface area contributed by atoms with Gasteiger partial charge in [-0.1, -0.05) is 31.5 Å². The van der Waals surface area contributed by atoms with Crippen LogP contribution >= 0.6 is 23.1 Å². The molecule has 0 saturated heterocycles. The van der Waals surface area contributed by atoms with E-state index in [1.54, 1.807) is 16.2 Å². The molecule has 4 rings (SSSR count). The number of aromatic nitrogens is 5. The molecule has 0 amide bonds. The highest BCUT2D eigenvalue weighted by molar-refractivity contribution is 7.98. The quantitative estimate of drug-likeness (QED) is 0.309. The van der Waals surface area contributed by atoms with Crippen LogP contribution in [0.25, 0.3) is 10.2 Å². The summed E-state index contributed by atoms with van der Waals surface area (Å²) in [4.78, 5) is 35.4. The molecule has 0 atom stereocenters. The second-order valence-electron chi connectivity index (χ2n) is 8.04. The summed E-state index contributed by atoms with van der Waals surface area (Å²) in [6.07, 6.45) is 7.56. The van der Waals surface area contributed by atoms with Crippen LogP contribution in [0.15, 0.2) is 9.95 Å². The largest absolute Gasteiger partial charge is 0.368 e. The Morgan fingerprint density at radius 2 is 1.94 bits per heavy atom. The van der Waals surface area contributed by atoms with Crippen molar-refractivity contribution in [2.24, 2.45) is 0 Å². The zero-order chi connectivity index (χ0) is 22.0. The average Bonchev–Trinajstić information content (AvgIpc) is 3.12. The van der Waals surface area contributed by atoms with Crippen molar-refractivity contribution in [2.45, 2.75) is 69.3 Å². The number of nitrogens with zero attached hydrogens (tertiary/aromatic N) is 6. The van der Waals surface area contributed by atoms with Gasteiger partial charge in [0, 0.05) is 25.5 Å². The summed E-state index contributed by atoms with van der Waals surface area (Å²) < 4.78 is 1.86. The third kappa shape index (κ3) is 4.69. The van der Waals surface area contributed by atoms with E-state index in [9.17, 15) is 4.79 Å². The number of thioether (sulfide) groups is 1. The summed E-state index contributed by atoms with van der Waals surface area (Å²) in [6.45, 7) is 2.85. The van der Waals surface area contributed by atoms with Crippen molar-refractivity contribution in [3.63, 3.8) is 0 Å². The zero-order valence-electron chi connectivity index (χ0n) is 18.3. The first-order valence-electron chi connectivity index (χ1n) is 10.8. The Morgan fingerprint density at radius 3 is 2.71 bits per heavy atom. The Hall–Kier alpha value is -2.20. The van der Waals surface area contributed by atoms with Crippen LogP contribution in [0.4, 0.5) is 11.9 Å². The molecule has 1 aliphatic carbocycles. The lowest BCUT2D eigenvalue weighted by Crippen LogP contribution is -2.24. The topological polar surface area (TPSA) is 103 Å². The molecule has 0 unspecified atom stereocenters. The molecule has 3 heterocycles. The standard InChI is InChI=1S/C21H29N7OS2/c1-4-5-8-11-28-18(29)16-13-9-6-7-10-14(13)31-17(16)25-21(28)30-12-15-23-19(22)26-20(24-15)27(2)3/h4-12H2,1-3H3,(H2,22,23,24,26). The molecule has 0 radical (unpaired) electrons. The van der Waals surface area contributed by atoms with E-state index in [2.05, 4.69) is 21.9 Å². The number of nitrogens with two attached hydrogens (primary N) is 1. The Morgan fingerprint density at radius 1 is 1.13 bits per heavy atom. The highest BCUT2D eigenvalue weighted by Crippen LogP contribution is 2.35. The minimum absolute atomic E-state index is 0.104. The van der Waals surface area contributed by atoms with Crippen LogP contribution in [-0.2, 0) is 25.1 Å². The van der Waals surface area contributed by atoms with Gasteiger partial charge in [-0.15, -0.1) is 11.3 Å². The van der Waals surface area contributed by atoms with Gasteiger partial charge in [-0.25, -0.2) is 4.98 Å². The molecular weight excluding hydrogens is 430 g/mol. The van der Waals surface area contributed by atoms with Crippen LogP contribution in [0.2, 0.25) is 0 Å². The van der Waals surface area contributed by atoms with Gasteiger partial charge in [0.1, 0.15) is 10.7 Å². The highest BCUT2D eigenvalue weighted by atomic mass is 32.2. The van der Waals surface area contributed by atoms with Gasteiger partial charge in [-0.2, -0.15) is 15.0 Å². The van der Waals surface area contributed by atoms with Gasteiger partial charge in [0.15, 0.2) is 5.16 Å². The van der Waals surface area contributed by atoms with Crippen molar-refractivity contribution in [1.82, 2.24) is 24.5 Å². The normalized spacial score (nSPS) is 13.5. The Bertz CT molecular complexity index is 1140. The van der Waals surface area contributed by atoms with E-state index >= 15 is 0 Å². The molecule has 0 aromatic carbocycles. The minimum atomic E-state index is 0.104. The molecule has 2 N–H and O–H groups in total. The lowest BCUT2D eigenvalue weighted by Gasteiger charge is -2.14. The third-order valence-corrected chi connectivity index (χ3v) is 7.60. The first kappa shape index (κ1) is 22.0. The van der Waals surface area contributed by atoms with E-state index in [0.29, 0.717) is 24.1 Å². The van der Waals surface area contributed by atoms with Gasteiger partial charge >= 0.3 is 0 Å². The summed E-state index contributed by atoms with van der Waals surface area (Å²) >= 11 is 3.18. The summed E-state index contributed by atoms with van der Waals surface area (Å²) in [6, 6.07) is 0. The first-order chi connectivity index (χ1) is 15.0. The first-order valence-corrected chi connectivity index (χ1v) is 12.6. The van der Waals surface area contributed by atoms with Gasteiger partial charge in [0.25, 0.3) is 5.56 Å². The second-order valence-corrected chi connectivity index (χ2v) is 10.1. The van der Waals surface area contributed by atoms with E-state index in [4.69, 9.17) is 10.7 Å². The summed E-state index contributed by atoms with van der Waals surface area (Å²) in [5.74, 6) is 1.78. The van der Waals surface area contributed by atoms with Crippen LogP contribution in [0.5, 0.6) is 0 Å². The Balaban J connectivity index is 1.70. The molecule has 1 aliphatic rings. The van der Waals surface area contributed by atoms with E-state index in [0.717, 1.165) is 53.9 Å². The number of hydrogen-bond acceptors (Lipinski definition) is 9. The monoisotopic (exact) mass is 459 g/mol. The van der Waals surface area contributed by atoms with Crippen LogP contribution in [0, 0.1) is 0 Å². The predicted molar refractivity (Wildman–Crippen MR) is 128 cm³/mol. The molecule has 0 saturated carbocycles. The van der Waals surface area contributed by atoms with Crippen LogP contribution < -0.4 is 16.2 Å². The molecule has 0 spiro atoms. The predicted octanol–water partition coefficient (Wildman–Crippen LogP) is 3.65. The van der Waals surface area contributed by atoms with Gasteiger partial charge in [0.2, 0.25) is 11.9 Å². The fraction of sp³-hybridized carbons (Fsp3) is 0.571. The third-order valence-electron chi connectivity index (χ3n) is 5.44. The van der Waals surface area contributed by atoms with Crippen LogP contribution in [0.3, 0.4) is 0 Å². The maximum Gasteiger partial charge on any atom is 0.263 e.